The number of halogens is 2. The van der Waals surface area contributed by atoms with E-state index in [4.69, 9.17) is 16.3 Å². The van der Waals surface area contributed by atoms with E-state index in [1.165, 1.54) is 12.8 Å². The maximum atomic E-state index is 13.8. The SMILES string of the molecule is COC1C=CC(CCN[C@@H](CN2CCC(C3C=C(F)C(Cl)=CC3)CC2)C(C)C)CC1. The highest BCUT2D eigenvalue weighted by Crippen LogP contribution is 2.35. The third kappa shape index (κ3) is 6.91. The summed E-state index contributed by atoms with van der Waals surface area (Å²) in [4.78, 5) is 2.60. The summed E-state index contributed by atoms with van der Waals surface area (Å²) >= 11 is 5.88. The Labute approximate surface area is 187 Å². The Morgan fingerprint density at radius 2 is 1.97 bits per heavy atom. The van der Waals surface area contributed by atoms with Crippen molar-refractivity contribution in [1.82, 2.24) is 10.2 Å². The number of ether oxygens (including phenoxy) is 1. The number of nitrogens with one attached hydrogen (secondary N) is 1. The van der Waals surface area contributed by atoms with Gasteiger partial charge in [-0.1, -0.05) is 43.7 Å². The van der Waals surface area contributed by atoms with Crippen molar-refractivity contribution < 1.29 is 9.13 Å². The van der Waals surface area contributed by atoms with E-state index in [0.29, 0.717) is 35.8 Å². The Hall–Kier alpha value is -0.680. The van der Waals surface area contributed by atoms with E-state index >= 15 is 0 Å². The summed E-state index contributed by atoms with van der Waals surface area (Å²) in [7, 11) is 1.80. The van der Waals surface area contributed by atoms with Crippen LogP contribution in [-0.4, -0.2) is 50.3 Å². The van der Waals surface area contributed by atoms with E-state index in [1.807, 2.05) is 6.08 Å². The third-order valence-corrected chi connectivity index (χ3v) is 7.63. The fourth-order valence-electron chi connectivity index (χ4n) is 5.10. The van der Waals surface area contributed by atoms with Crippen LogP contribution < -0.4 is 5.32 Å². The number of hydrogen-bond acceptors (Lipinski definition) is 3. The zero-order chi connectivity index (χ0) is 21.5. The number of likely N-dealkylation sites (tertiary alicyclic amines) is 1. The molecule has 1 heterocycles. The van der Waals surface area contributed by atoms with Crippen LogP contribution in [0.15, 0.2) is 35.2 Å². The van der Waals surface area contributed by atoms with Gasteiger partial charge in [-0.3, -0.25) is 0 Å². The first-order valence-electron chi connectivity index (χ1n) is 11.9. The van der Waals surface area contributed by atoms with Crippen LogP contribution in [0.4, 0.5) is 4.39 Å². The van der Waals surface area contributed by atoms with Crippen LogP contribution in [0.1, 0.15) is 52.4 Å². The van der Waals surface area contributed by atoms with Crippen molar-refractivity contribution in [3.05, 3.63) is 35.2 Å². The minimum Gasteiger partial charge on any atom is -0.377 e. The molecule has 0 saturated carbocycles. The van der Waals surface area contributed by atoms with Crippen LogP contribution >= 0.6 is 11.6 Å². The highest BCUT2D eigenvalue weighted by Gasteiger charge is 2.28. The molecule has 0 bridgehead atoms. The van der Waals surface area contributed by atoms with Gasteiger partial charge in [-0.25, -0.2) is 4.39 Å². The molecular formula is C25H40ClFN2O. The summed E-state index contributed by atoms with van der Waals surface area (Å²) in [6.45, 7) is 9.05. The van der Waals surface area contributed by atoms with Gasteiger partial charge < -0.3 is 15.0 Å². The van der Waals surface area contributed by atoms with E-state index in [1.54, 1.807) is 13.2 Å². The molecule has 0 aromatic heterocycles. The van der Waals surface area contributed by atoms with Crippen LogP contribution in [0.5, 0.6) is 0 Å². The maximum absolute atomic E-state index is 13.8. The van der Waals surface area contributed by atoms with Gasteiger partial charge in [0.2, 0.25) is 0 Å². The lowest BCUT2D eigenvalue weighted by Crippen LogP contribution is -2.47. The van der Waals surface area contributed by atoms with Gasteiger partial charge in [0.25, 0.3) is 0 Å². The van der Waals surface area contributed by atoms with E-state index in [0.717, 1.165) is 51.9 Å². The molecule has 1 saturated heterocycles. The molecule has 170 valence electrons. The largest absolute Gasteiger partial charge is 0.377 e. The Kier molecular flexibility index (Phi) is 9.43. The smallest absolute Gasteiger partial charge is 0.137 e. The molecule has 0 amide bonds. The van der Waals surface area contributed by atoms with E-state index in [2.05, 4.69) is 36.2 Å². The number of nitrogens with zero attached hydrogens (tertiary/aromatic N) is 1. The van der Waals surface area contributed by atoms with Crippen molar-refractivity contribution >= 4 is 11.6 Å². The van der Waals surface area contributed by atoms with E-state index < -0.39 is 0 Å². The molecule has 0 aromatic carbocycles. The minimum absolute atomic E-state index is 0.232. The molecule has 2 aliphatic carbocycles. The highest BCUT2D eigenvalue weighted by atomic mass is 35.5. The van der Waals surface area contributed by atoms with Gasteiger partial charge in [0.05, 0.1) is 11.1 Å². The number of piperidine rings is 1. The first-order chi connectivity index (χ1) is 14.5. The maximum Gasteiger partial charge on any atom is 0.137 e. The van der Waals surface area contributed by atoms with Crippen LogP contribution in [0, 0.1) is 23.7 Å². The average molecular weight is 439 g/mol. The second-order valence-electron chi connectivity index (χ2n) is 9.69. The topological polar surface area (TPSA) is 24.5 Å². The molecule has 1 aliphatic heterocycles. The Morgan fingerprint density at radius 3 is 2.57 bits per heavy atom. The monoisotopic (exact) mass is 438 g/mol. The molecule has 3 nitrogen and oxygen atoms in total. The van der Waals surface area contributed by atoms with Crippen LogP contribution in [-0.2, 0) is 4.74 Å². The molecular weight excluding hydrogens is 399 g/mol. The zero-order valence-electron chi connectivity index (χ0n) is 19.0. The summed E-state index contributed by atoms with van der Waals surface area (Å²) in [5.41, 5.74) is 0. The highest BCUT2D eigenvalue weighted by molar-refractivity contribution is 6.31. The second kappa shape index (κ2) is 11.8. The van der Waals surface area contributed by atoms with Crippen molar-refractivity contribution in [1.29, 1.82) is 0 Å². The number of allylic oxidation sites excluding steroid dienone is 5. The minimum atomic E-state index is -0.232. The molecule has 0 radical (unpaired) electrons. The lowest BCUT2D eigenvalue weighted by atomic mass is 9.80. The molecule has 1 N–H and O–H groups in total. The molecule has 5 heteroatoms. The first kappa shape index (κ1) is 24.0. The summed E-state index contributed by atoms with van der Waals surface area (Å²) in [5.74, 6) is 1.96. The van der Waals surface area contributed by atoms with Gasteiger partial charge in [-0.05, 0) is 87.9 Å². The number of hydrogen-bond donors (Lipinski definition) is 1. The van der Waals surface area contributed by atoms with Crippen molar-refractivity contribution in [2.75, 3.05) is 33.3 Å². The molecule has 3 unspecified atom stereocenters. The zero-order valence-corrected chi connectivity index (χ0v) is 19.7. The first-order valence-corrected chi connectivity index (χ1v) is 12.2. The Morgan fingerprint density at radius 1 is 1.20 bits per heavy atom. The van der Waals surface area contributed by atoms with Gasteiger partial charge in [-0.2, -0.15) is 0 Å². The predicted octanol–water partition coefficient (Wildman–Crippen LogP) is 5.68. The molecule has 0 spiro atoms. The lowest BCUT2D eigenvalue weighted by Gasteiger charge is -2.38. The summed E-state index contributed by atoms with van der Waals surface area (Å²) in [6, 6.07) is 0.523. The summed E-state index contributed by atoms with van der Waals surface area (Å²) in [6.07, 6.45) is 15.3. The van der Waals surface area contributed by atoms with Crippen LogP contribution in [0.3, 0.4) is 0 Å². The van der Waals surface area contributed by atoms with Crippen LogP contribution in [0.2, 0.25) is 0 Å². The second-order valence-corrected chi connectivity index (χ2v) is 10.1. The molecule has 3 rings (SSSR count). The van der Waals surface area contributed by atoms with Crippen molar-refractivity contribution in [2.24, 2.45) is 23.7 Å². The fourth-order valence-corrected chi connectivity index (χ4v) is 5.25. The summed E-state index contributed by atoms with van der Waals surface area (Å²) < 4.78 is 19.3. The average Bonchev–Trinajstić information content (AvgIpc) is 2.76. The molecule has 1 fully saturated rings. The lowest BCUT2D eigenvalue weighted by molar-refractivity contribution is 0.121. The predicted molar refractivity (Wildman–Crippen MR) is 124 cm³/mol. The molecule has 30 heavy (non-hydrogen) atoms. The Balaban J connectivity index is 1.39. The van der Waals surface area contributed by atoms with Crippen molar-refractivity contribution in [3.8, 4) is 0 Å². The van der Waals surface area contributed by atoms with Gasteiger partial charge in [-0.15, -0.1) is 0 Å². The van der Waals surface area contributed by atoms with Crippen LogP contribution in [0.25, 0.3) is 0 Å². The molecule has 4 atom stereocenters. The van der Waals surface area contributed by atoms with Gasteiger partial charge in [0.15, 0.2) is 0 Å². The number of methoxy groups -OCH3 is 1. The normalized spacial score (nSPS) is 29.7. The quantitative estimate of drug-likeness (QED) is 0.468. The van der Waals surface area contributed by atoms with Gasteiger partial charge >= 0.3 is 0 Å². The van der Waals surface area contributed by atoms with Gasteiger partial charge in [0.1, 0.15) is 5.83 Å². The number of rotatable bonds is 9. The molecule has 0 aromatic rings. The van der Waals surface area contributed by atoms with Gasteiger partial charge in [0, 0.05) is 19.7 Å². The van der Waals surface area contributed by atoms with Crippen molar-refractivity contribution in [2.45, 2.75) is 64.5 Å². The Bertz CT molecular complexity index is 625. The van der Waals surface area contributed by atoms with Crippen molar-refractivity contribution in [3.63, 3.8) is 0 Å². The fraction of sp³-hybridized carbons (Fsp3) is 0.760. The third-order valence-electron chi connectivity index (χ3n) is 7.30. The van der Waals surface area contributed by atoms with E-state index in [9.17, 15) is 4.39 Å². The van der Waals surface area contributed by atoms with E-state index in [-0.39, 0.29) is 10.9 Å². The standard InChI is InChI=1S/C25H40ClFN2O/c1-18(2)25(28-13-10-19-4-7-22(30-3)8-5-19)17-29-14-11-20(12-15-29)21-6-9-23(26)24(27)16-21/h4,7,9,16,18-22,25,28H,5-6,8,10-15,17H2,1-3H3/t19?,21?,22?,25-/m0/s1. The summed E-state index contributed by atoms with van der Waals surface area (Å²) in [5, 5.41) is 4.12. The molecule has 3 aliphatic rings.